The van der Waals surface area contributed by atoms with Gasteiger partial charge in [-0.05, 0) is 49.4 Å². The van der Waals surface area contributed by atoms with E-state index < -0.39 is 0 Å². The summed E-state index contributed by atoms with van der Waals surface area (Å²) >= 11 is 0. The molecule has 0 heterocycles. The largest absolute Gasteiger partial charge is 0.327 e. The van der Waals surface area contributed by atoms with E-state index in [0.29, 0.717) is 5.92 Å². The van der Waals surface area contributed by atoms with Crippen molar-refractivity contribution in [2.24, 2.45) is 11.8 Å². The van der Waals surface area contributed by atoms with Gasteiger partial charge in [-0.1, -0.05) is 26.0 Å². The normalized spacial score (nSPS) is 21.7. The molecule has 3 atom stereocenters. The van der Waals surface area contributed by atoms with Gasteiger partial charge >= 0.3 is 6.03 Å². The van der Waals surface area contributed by atoms with E-state index in [2.05, 4.69) is 37.5 Å². The number of hydrogen-bond donors (Lipinski definition) is 2. The maximum Gasteiger partial charge on any atom is 0.321 e. The summed E-state index contributed by atoms with van der Waals surface area (Å²) in [7, 11) is 1.87. The van der Waals surface area contributed by atoms with E-state index in [1.807, 2.05) is 25.2 Å². The number of carbonyl (C=O) groups is 1. The molecule has 0 aromatic heterocycles. The summed E-state index contributed by atoms with van der Waals surface area (Å²) in [5.41, 5.74) is 2.05. The van der Waals surface area contributed by atoms with Crippen LogP contribution in [-0.4, -0.2) is 31.1 Å². The molecule has 1 saturated carbocycles. The highest BCUT2D eigenvalue weighted by molar-refractivity contribution is 5.89. The van der Waals surface area contributed by atoms with E-state index in [4.69, 9.17) is 0 Å². The van der Waals surface area contributed by atoms with Crippen LogP contribution in [0.4, 0.5) is 10.5 Å². The van der Waals surface area contributed by atoms with Gasteiger partial charge in [0.05, 0.1) is 0 Å². The Morgan fingerprint density at radius 2 is 2.19 bits per heavy atom. The van der Waals surface area contributed by atoms with Gasteiger partial charge in [-0.25, -0.2) is 4.79 Å². The fourth-order valence-electron chi connectivity index (χ4n) is 2.62. The molecule has 4 heteroatoms. The molecule has 0 spiro atoms. The second kappa shape index (κ2) is 6.94. The Hall–Kier alpha value is -1.55. The molecule has 0 saturated heterocycles. The first kappa shape index (κ1) is 15.8. The zero-order chi connectivity index (χ0) is 15.4. The first-order valence-corrected chi connectivity index (χ1v) is 7.86. The van der Waals surface area contributed by atoms with Crippen LogP contribution in [0.2, 0.25) is 0 Å². The van der Waals surface area contributed by atoms with Crippen LogP contribution in [0.25, 0.3) is 0 Å². The Bertz CT molecular complexity index is 489. The minimum atomic E-state index is -0.0256. The highest BCUT2D eigenvalue weighted by Gasteiger charge is 2.34. The Kier molecular flexibility index (Phi) is 5.23. The number of nitrogens with one attached hydrogen (secondary N) is 2. The molecule has 2 rings (SSSR count). The maximum atomic E-state index is 12.2. The minimum absolute atomic E-state index is 0.0256. The number of amides is 2. The van der Waals surface area contributed by atoms with Gasteiger partial charge in [0.2, 0.25) is 0 Å². The molecule has 3 unspecified atom stereocenters. The lowest BCUT2D eigenvalue weighted by molar-refractivity contribution is 0.220. The molecule has 1 aliphatic rings. The van der Waals surface area contributed by atoms with E-state index in [0.717, 1.165) is 24.7 Å². The predicted octanol–water partition coefficient (Wildman–Crippen LogP) is 3.48. The molecular formula is C17H27N3O. The van der Waals surface area contributed by atoms with Crippen molar-refractivity contribution >= 4 is 11.7 Å². The highest BCUT2D eigenvalue weighted by Crippen LogP contribution is 2.38. The van der Waals surface area contributed by atoms with Gasteiger partial charge in [-0.3, -0.25) is 0 Å². The second-order valence-electron chi connectivity index (χ2n) is 6.19. The zero-order valence-corrected chi connectivity index (χ0v) is 13.5. The molecule has 1 aliphatic carbocycles. The standard InChI is InChI=1S/C17H27N3O/c1-5-18-13(3)14-7-6-8-16(10-14)19-17(21)20(4)11-15-9-12(15)2/h6-8,10,12-13,15,18H,5,9,11H2,1-4H3,(H,19,21). The number of urea groups is 1. The summed E-state index contributed by atoms with van der Waals surface area (Å²) in [5, 5.41) is 6.37. The van der Waals surface area contributed by atoms with Crippen molar-refractivity contribution in [1.82, 2.24) is 10.2 Å². The Labute approximate surface area is 127 Å². The number of anilines is 1. The lowest BCUT2D eigenvalue weighted by atomic mass is 10.1. The van der Waals surface area contributed by atoms with Crippen LogP contribution in [-0.2, 0) is 0 Å². The van der Waals surface area contributed by atoms with Gasteiger partial charge in [0.25, 0.3) is 0 Å². The van der Waals surface area contributed by atoms with E-state index in [1.54, 1.807) is 4.90 Å². The van der Waals surface area contributed by atoms with Crippen molar-refractivity contribution in [3.8, 4) is 0 Å². The molecule has 4 nitrogen and oxygen atoms in total. The fourth-order valence-corrected chi connectivity index (χ4v) is 2.62. The smallest absolute Gasteiger partial charge is 0.321 e. The monoisotopic (exact) mass is 289 g/mol. The topological polar surface area (TPSA) is 44.4 Å². The van der Waals surface area contributed by atoms with Crippen LogP contribution >= 0.6 is 0 Å². The minimum Gasteiger partial charge on any atom is -0.327 e. The molecule has 21 heavy (non-hydrogen) atoms. The SMILES string of the molecule is CCNC(C)c1cccc(NC(=O)N(C)CC2CC2C)c1. The van der Waals surface area contributed by atoms with Crippen LogP contribution in [0, 0.1) is 11.8 Å². The van der Waals surface area contributed by atoms with Gasteiger partial charge in [-0.2, -0.15) is 0 Å². The van der Waals surface area contributed by atoms with Crippen LogP contribution in [0.3, 0.4) is 0 Å². The van der Waals surface area contributed by atoms with Gasteiger partial charge in [0.15, 0.2) is 0 Å². The summed E-state index contributed by atoms with van der Waals surface area (Å²) < 4.78 is 0. The average Bonchev–Trinajstić information content (AvgIpc) is 3.14. The van der Waals surface area contributed by atoms with Gasteiger partial charge in [-0.15, -0.1) is 0 Å². The van der Waals surface area contributed by atoms with Crippen LogP contribution < -0.4 is 10.6 Å². The summed E-state index contributed by atoms with van der Waals surface area (Å²) in [6.45, 7) is 8.24. The van der Waals surface area contributed by atoms with Crippen LogP contribution in [0.1, 0.15) is 38.8 Å². The number of rotatable bonds is 6. The molecule has 0 aliphatic heterocycles. The number of nitrogens with zero attached hydrogens (tertiary/aromatic N) is 1. The van der Waals surface area contributed by atoms with Crippen LogP contribution in [0.5, 0.6) is 0 Å². The van der Waals surface area contributed by atoms with Gasteiger partial charge in [0.1, 0.15) is 0 Å². The number of carbonyl (C=O) groups excluding carboxylic acids is 1. The summed E-state index contributed by atoms with van der Waals surface area (Å²) in [4.78, 5) is 14.0. The van der Waals surface area contributed by atoms with E-state index in [-0.39, 0.29) is 12.1 Å². The molecule has 0 radical (unpaired) electrons. The number of benzene rings is 1. The lowest BCUT2D eigenvalue weighted by Gasteiger charge is -2.19. The molecule has 2 amide bonds. The summed E-state index contributed by atoms with van der Waals surface area (Å²) in [6.07, 6.45) is 1.24. The zero-order valence-electron chi connectivity index (χ0n) is 13.5. The Morgan fingerprint density at radius 1 is 1.48 bits per heavy atom. The third-order valence-corrected chi connectivity index (χ3v) is 4.28. The van der Waals surface area contributed by atoms with Crippen molar-refractivity contribution in [1.29, 1.82) is 0 Å². The van der Waals surface area contributed by atoms with Gasteiger partial charge < -0.3 is 15.5 Å². The Balaban J connectivity index is 1.92. The first-order valence-electron chi connectivity index (χ1n) is 7.86. The molecule has 1 fully saturated rings. The second-order valence-corrected chi connectivity index (χ2v) is 6.19. The van der Waals surface area contributed by atoms with E-state index in [9.17, 15) is 4.79 Å². The molecule has 1 aromatic rings. The van der Waals surface area contributed by atoms with Crippen LogP contribution in [0.15, 0.2) is 24.3 Å². The fraction of sp³-hybridized carbons (Fsp3) is 0.588. The highest BCUT2D eigenvalue weighted by atomic mass is 16.2. The lowest BCUT2D eigenvalue weighted by Crippen LogP contribution is -2.33. The Morgan fingerprint density at radius 3 is 2.81 bits per heavy atom. The predicted molar refractivity (Wildman–Crippen MR) is 87.5 cm³/mol. The maximum absolute atomic E-state index is 12.2. The number of hydrogen-bond acceptors (Lipinski definition) is 2. The van der Waals surface area contributed by atoms with Crippen molar-refractivity contribution in [2.45, 2.75) is 33.2 Å². The first-order chi connectivity index (χ1) is 10.0. The quantitative estimate of drug-likeness (QED) is 0.842. The summed E-state index contributed by atoms with van der Waals surface area (Å²) in [6, 6.07) is 8.31. The van der Waals surface area contributed by atoms with E-state index in [1.165, 1.54) is 12.0 Å². The van der Waals surface area contributed by atoms with Gasteiger partial charge in [0, 0.05) is 25.3 Å². The molecule has 116 valence electrons. The van der Waals surface area contributed by atoms with Crippen molar-refractivity contribution in [2.75, 3.05) is 25.5 Å². The molecule has 1 aromatic carbocycles. The molecule has 2 N–H and O–H groups in total. The third kappa shape index (κ3) is 4.46. The third-order valence-electron chi connectivity index (χ3n) is 4.28. The summed E-state index contributed by atoms with van der Waals surface area (Å²) in [5.74, 6) is 1.45. The van der Waals surface area contributed by atoms with Crippen molar-refractivity contribution in [3.05, 3.63) is 29.8 Å². The average molecular weight is 289 g/mol. The van der Waals surface area contributed by atoms with Crippen molar-refractivity contribution < 1.29 is 4.79 Å². The van der Waals surface area contributed by atoms with E-state index >= 15 is 0 Å². The van der Waals surface area contributed by atoms with Crippen molar-refractivity contribution in [3.63, 3.8) is 0 Å². The molecule has 0 bridgehead atoms. The molecular weight excluding hydrogens is 262 g/mol.